The number of rotatable bonds is 4. The Morgan fingerprint density at radius 3 is 2.72 bits per heavy atom. The molecule has 1 amide bonds. The number of hydrogen-bond acceptors (Lipinski definition) is 2. The maximum absolute atomic E-state index is 12.7. The summed E-state index contributed by atoms with van der Waals surface area (Å²) in [5, 5.41) is 3.98. The second-order valence-corrected chi connectivity index (χ2v) is 6.70. The smallest absolute Gasteiger partial charge is 0.253 e. The molecule has 3 rings (SSSR count). The molecule has 2 aromatic heterocycles. The van der Waals surface area contributed by atoms with Gasteiger partial charge in [-0.15, -0.1) is 0 Å². The third kappa shape index (κ3) is 3.09. The van der Waals surface area contributed by atoms with Gasteiger partial charge >= 0.3 is 0 Å². The number of H-pyrrole nitrogens is 1. The number of aryl methyl sites for hydroxylation is 2. The number of para-hydroxylation sites is 1. The van der Waals surface area contributed by atoms with Gasteiger partial charge in [0.25, 0.3) is 11.5 Å². The summed E-state index contributed by atoms with van der Waals surface area (Å²) < 4.78 is 2.00. The zero-order chi connectivity index (χ0) is 18.1. The summed E-state index contributed by atoms with van der Waals surface area (Å²) in [5.74, 6) is 0.206. The van der Waals surface area contributed by atoms with Crippen molar-refractivity contribution in [2.24, 2.45) is 7.05 Å². The lowest BCUT2D eigenvalue weighted by Gasteiger charge is -2.09. The van der Waals surface area contributed by atoms with Gasteiger partial charge in [-0.05, 0) is 36.1 Å². The molecular weight excluding hydrogens is 314 g/mol. The summed E-state index contributed by atoms with van der Waals surface area (Å²) in [5.41, 5.74) is 4.04. The number of aromatic amines is 1. The summed E-state index contributed by atoms with van der Waals surface area (Å²) in [6.45, 7) is 6.36. The van der Waals surface area contributed by atoms with Gasteiger partial charge < -0.3 is 14.9 Å². The predicted molar refractivity (Wildman–Crippen MR) is 100.0 cm³/mol. The largest absolute Gasteiger partial charge is 0.350 e. The van der Waals surface area contributed by atoms with Gasteiger partial charge in [-0.25, -0.2) is 0 Å². The van der Waals surface area contributed by atoms with E-state index in [1.54, 1.807) is 6.20 Å². The van der Waals surface area contributed by atoms with Gasteiger partial charge in [0.05, 0.1) is 11.1 Å². The molecule has 0 aliphatic carbocycles. The molecule has 0 bridgehead atoms. The third-order valence-corrected chi connectivity index (χ3v) is 4.62. The van der Waals surface area contributed by atoms with E-state index in [-0.39, 0.29) is 18.0 Å². The van der Waals surface area contributed by atoms with Crippen LogP contribution in [0.2, 0.25) is 0 Å². The molecule has 0 unspecified atom stereocenters. The highest BCUT2D eigenvalue weighted by atomic mass is 16.1. The van der Waals surface area contributed by atoms with Crippen molar-refractivity contribution in [2.75, 3.05) is 0 Å². The first kappa shape index (κ1) is 17.0. The first-order chi connectivity index (χ1) is 11.9. The Morgan fingerprint density at radius 2 is 2.04 bits per heavy atom. The van der Waals surface area contributed by atoms with Crippen LogP contribution in [-0.2, 0) is 13.6 Å². The summed E-state index contributed by atoms with van der Waals surface area (Å²) in [4.78, 5) is 27.3. The molecule has 25 heavy (non-hydrogen) atoms. The van der Waals surface area contributed by atoms with Gasteiger partial charge in [-0.1, -0.05) is 26.0 Å². The molecule has 0 saturated heterocycles. The number of amides is 1. The first-order valence-electron chi connectivity index (χ1n) is 8.43. The number of carbonyl (C=O) groups excluding carboxylic acids is 1. The Bertz CT molecular complexity index is 996. The van der Waals surface area contributed by atoms with E-state index in [0.29, 0.717) is 17.0 Å². The molecule has 0 fully saturated rings. The highest BCUT2D eigenvalue weighted by Crippen LogP contribution is 2.29. The Morgan fingerprint density at radius 1 is 1.28 bits per heavy atom. The van der Waals surface area contributed by atoms with E-state index in [1.165, 1.54) is 5.56 Å². The highest BCUT2D eigenvalue weighted by Gasteiger charge is 2.17. The molecule has 5 heteroatoms. The van der Waals surface area contributed by atoms with Gasteiger partial charge in [0.2, 0.25) is 0 Å². The second kappa shape index (κ2) is 6.59. The highest BCUT2D eigenvalue weighted by molar-refractivity contribution is 6.06. The second-order valence-electron chi connectivity index (χ2n) is 6.70. The zero-order valence-corrected chi connectivity index (χ0v) is 15.0. The van der Waals surface area contributed by atoms with Gasteiger partial charge in [-0.2, -0.15) is 0 Å². The third-order valence-electron chi connectivity index (χ3n) is 4.62. The summed E-state index contributed by atoms with van der Waals surface area (Å²) in [7, 11) is 1.96. The molecule has 0 atom stereocenters. The van der Waals surface area contributed by atoms with Crippen molar-refractivity contribution in [1.82, 2.24) is 14.9 Å². The van der Waals surface area contributed by atoms with Crippen LogP contribution in [0.1, 0.15) is 46.8 Å². The van der Waals surface area contributed by atoms with E-state index in [2.05, 4.69) is 30.3 Å². The Balaban J connectivity index is 1.94. The first-order valence-corrected chi connectivity index (χ1v) is 8.43. The molecule has 130 valence electrons. The van der Waals surface area contributed by atoms with E-state index < -0.39 is 0 Å². The topological polar surface area (TPSA) is 66.9 Å². The van der Waals surface area contributed by atoms with E-state index in [4.69, 9.17) is 0 Å². The van der Waals surface area contributed by atoms with Crippen molar-refractivity contribution in [2.45, 2.75) is 33.2 Å². The molecule has 0 spiro atoms. The summed E-state index contributed by atoms with van der Waals surface area (Å²) >= 11 is 0. The summed E-state index contributed by atoms with van der Waals surface area (Å²) in [6, 6.07) is 7.61. The van der Waals surface area contributed by atoms with E-state index in [1.807, 2.05) is 42.8 Å². The minimum Gasteiger partial charge on any atom is -0.350 e. The molecule has 3 aromatic rings. The number of carbonyl (C=O) groups is 1. The monoisotopic (exact) mass is 337 g/mol. The molecule has 0 radical (unpaired) electrons. The van der Waals surface area contributed by atoms with Crippen LogP contribution >= 0.6 is 0 Å². The number of fused-ring (bicyclic) bond motifs is 1. The van der Waals surface area contributed by atoms with Crippen LogP contribution in [0.15, 0.2) is 41.5 Å². The maximum Gasteiger partial charge on any atom is 0.253 e. The molecule has 5 nitrogen and oxygen atoms in total. The van der Waals surface area contributed by atoms with Gasteiger partial charge in [0.1, 0.15) is 0 Å². The van der Waals surface area contributed by atoms with Crippen LogP contribution < -0.4 is 10.9 Å². The number of nitrogens with one attached hydrogen (secondary N) is 2. The minimum atomic E-state index is -0.176. The van der Waals surface area contributed by atoms with Crippen molar-refractivity contribution in [3.8, 4) is 0 Å². The average molecular weight is 337 g/mol. The lowest BCUT2D eigenvalue weighted by Crippen LogP contribution is -2.27. The molecule has 0 aliphatic rings. The molecule has 2 heterocycles. The van der Waals surface area contributed by atoms with Gasteiger partial charge in [-0.3, -0.25) is 9.59 Å². The van der Waals surface area contributed by atoms with E-state index >= 15 is 0 Å². The predicted octanol–water partition coefficient (Wildman–Crippen LogP) is 3.23. The number of pyridine rings is 1. The van der Waals surface area contributed by atoms with Crippen molar-refractivity contribution in [1.29, 1.82) is 0 Å². The number of hydrogen-bond donors (Lipinski definition) is 2. The minimum absolute atomic E-state index is 0.167. The van der Waals surface area contributed by atoms with Crippen LogP contribution in [0.4, 0.5) is 0 Å². The Labute approximate surface area is 146 Å². The normalized spacial score (nSPS) is 11.2. The molecule has 0 aliphatic heterocycles. The molecule has 1 aromatic carbocycles. The fourth-order valence-corrected chi connectivity index (χ4v) is 3.24. The quantitative estimate of drug-likeness (QED) is 0.767. The van der Waals surface area contributed by atoms with Crippen LogP contribution in [0, 0.1) is 6.92 Å². The van der Waals surface area contributed by atoms with Crippen LogP contribution in [0.3, 0.4) is 0 Å². The lowest BCUT2D eigenvalue weighted by molar-refractivity contribution is 0.0952. The van der Waals surface area contributed by atoms with Gasteiger partial charge in [0, 0.05) is 36.9 Å². The Hall–Kier alpha value is -2.82. The molecule has 0 saturated carbocycles. The lowest BCUT2D eigenvalue weighted by atomic mass is 10.0. The van der Waals surface area contributed by atoms with E-state index in [9.17, 15) is 9.59 Å². The van der Waals surface area contributed by atoms with E-state index in [0.717, 1.165) is 16.5 Å². The standard InChI is InChI=1S/C20H23N3O2/c1-12(2)17-11-23(4)18-14(17)6-5-7-15(18)19(24)22-10-16-13(3)8-9-21-20(16)25/h5-9,11-12H,10H2,1-4H3,(H,21,25)(H,22,24). The number of nitrogens with zero attached hydrogens (tertiary/aromatic N) is 1. The average Bonchev–Trinajstić information content (AvgIpc) is 2.92. The van der Waals surface area contributed by atoms with Gasteiger partial charge in [0.15, 0.2) is 0 Å². The molecular formula is C20H23N3O2. The molecule has 2 N–H and O–H groups in total. The summed E-state index contributed by atoms with van der Waals surface area (Å²) in [6.07, 6.45) is 3.69. The number of benzene rings is 1. The van der Waals surface area contributed by atoms with Crippen molar-refractivity contribution in [3.05, 3.63) is 69.3 Å². The Kier molecular flexibility index (Phi) is 4.49. The van der Waals surface area contributed by atoms with Crippen molar-refractivity contribution < 1.29 is 4.79 Å². The van der Waals surface area contributed by atoms with Crippen molar-refractivity contribution >= 4 is 16.8 Å². The number of aromatic nitrogens is 2. The van der Waals surface area contributed by atoms with Crippen LogP contribution in [-0.4, -0.2) is 15.5 Å². The van der Waals surface area contributed by atoms with Crippen molar-refractivity contribution in [3.63, 3.8) is 0 Å². The fraction of sp³-hybridized carbons (Fsp3) is 0.300. The fourth-order valence-electron chi connectivity index (χ4n) is 3.24. The maximum atomic E-state index is 12.7. The zero-order valence-electron chi connectivity index (χ0n) is 15.0. The van der Waals surface area contributed by atoms with Crippen LogP contribution in [0.5, 0.6) is 0 Å². The van der Waals surface area contributed by atoms with Crippen LogP contribution in [0.25, 0.3) is 10.9 Å². The SMILES string of the molecule is Cc1cc[nH]c(=O)c1CNC(=O)c1cccc2c(C(C)C)cn(C)c12.